The number of amides is 3. The van der Waals surface area contributed by atoms with Crippen molar-refractivity contribution >= 4 is 34.6 Å². The van der Waals surface area contributed by atoms with Gasteiger partial charge in [0, 0.05) is 35.5 Å². The predicted octanol–water partition coefficient (Wildman–Crippen LogP) is 4.20. The van der Waals surface area contributed by atoms with Crippen LogP contribution in [0.3, 0.4) is 0 Å². The van der Waals surface area contributed by atoms with E-state index in [1.54, 1.807) is 33.2 Å². The standard InChI is InChI=1S/C33H42N4O7/c1-5-22-17-33(22,30(40)41)36-28(38)25-16-23(43-26-13-9-12-21-18-34-15-14-24(21)26)19-37(25)29(39)27(20-10-7-6-8-11-20)35-31(42)44-32(2,3)4/h5,9,12-15,18,20,22-23,25,27H,1,6-8,10-11,16-17,19H2,2-4H3,(H,35,42)(H,36,38)(H,40,41). The Kier molecular flexibility index (Phi) is 8.85. The van der Waals surface area contributed by atoms with E-state index >= 15 is 0 Å². The third-order valence-corrected chi connectivity index (χ3v) is 8.87. The number of fused-ring (bicyclic) bond motifs is 1. The van der Waals surface area contributed by atoms with Gasteiger partial charge in [-0.25, -0.2) is 9.59 Å². The fourth-order valence-electron chi connectivity index (χ4n) is 6.53. The van der Waals surface area contributed by atoms with Gasteiger partial charge in [0.05, 0.1) is 6.54 Å². The van der Waals surface area contributed by atoms with Crippen molar-refractivity contribution in [3.05, 3.63) is 49.3 Å². The van der Waals surface area contributed by atoms with Gasteiger partial charge < -0.3 is 30.1 Å². The van der Waals surface area contributed by atoms with Crippen LogP contribution in [0.1, 0.15) is 65.7 Å². The van der Waals surface area contributed by atoms with Gasteiger partial charge in [-0.1, -0.05) is 37.5 Å². The number of carboxylic acid groups (broad SMARTS) is 1. The molecule has 1 aromatic heterocycles. The highest BCUT2D eigenvalue weighted by molar-refractivity contribution is 5.96. The number of aromatic nitrogens is 1. The van der Waals surface area contributed by atoms with E-state index in [2.05, 4.69) is 22.2 Å². The van der Waals surface area contributed by atoms with Gasteiger partial charge in [-0.3, -0.25) is 14.6 Å². The van der Waals surface area contributed by atoms with Gasteiger partial charge in [0.2, 0.25) is 11.8 Å². The van der Waals surface area contributed by atoms with Crippen LogP contribution in [0.4, 0.5) is 4.79 Å². The molecule has 3 N–H and O–H groups in total. The Morgan fingerprint density at radius 1 is 1.16 bits per heavy atom. The summed E-state index contributed by atoms with van der Waals surface area (Å²) in [5, 5.41) is 17.2. The number of aliphatic carboxylic acids is 1. The maximum atomic E-state index is 14.4. The average molecular weight is 607 g/mol. The quantitative estimate of drug-likeness (QED) is 0.360. The predicted molar refractivity (Wildman–Crippen MR) is 163 cm³/mol. The normalized spacial score (nSPS) is 26.0. The molecule has 44 heavy (non-hydrogen) atoms. The molecule has 0 bridgehead atoms. The van der Waals surface area contributed by atoms with E-state index in [0.717, 1.165) is 42.9 Å². The number of carbonyl (C=O) groups excluding carboxylic acids is 3. The van der Waals surface area contributed by atoms with Crippen molar-refractivity contribution in [1.82, 2.24) is 20.5 Å². The lowest BCUT2D eigenvalue weighted by Crippen LogP contribution is -2.58. The fraction of sp³-hybridized carbons (Fsp3) is 0.545. The second-order valence-corrected chi connectivity index (χ2v) is 13.2. The largest absolute Gasteiger partial charge is 0.488 e. The van der Waals surface area contributed by atoms with Crippen LogP contribution in [-0.2, 0) is 19.1 Å². The minimum atomic E-state index is -1.45. The second kappa shape index (κ2) is 12.5. The number of carboxylic acids is 1. The van der Waals surface area contributed by atoms with Crippen molar-refractivity contribution in [2.24, 2.45) is 11.8 Å². The highest BCUT2D eigenvalue weighted by atomic mass is 16.6. The molecular weight excluding hydrogens is 564 g/mol. The van der Waals surface area contributed by atoms with Crippen molar-refractivity contribution in [3.63, 3.8) is 0 Å². The maximum absolute atomic E-state index is 14.4. The molecule has 3 aliphatic rings. The molecule has 3 amide bonds. The Labute approximate surface area is 257 Å². The summed E-state index contributed by atoms with van der Waals surface area (Å²) in [4.78, 5) is 58.9. The van der Waals surface area contributed by atoms with E-state index in [4.69, 9.17) is 9.47 Å². The number of nitrogens with zero attached hydrogens (tertiary/aromatic N) is 2. The molecule has 11 heteroatoms. The molecule has 3 fully saturated rings. The first-order valence-electron chi connectivity index (χ1n) is 15.4. The number of nitrogens with one attached hydrogen (secondary N) is 2. The zero-order valence-corrected chi connectivity index (χ0v) is 25.6. The zero-order chi connectivity index (χ0) is 31.6. The van der Waals surface area contributed by atoms with Crippen molar-refractivity contribution in [3.8, 4) is 5.75 Å². The Bertz CT molecular complexity index is 1430. The van der Waals surface area contributed by atoms with Gasteiger partial charge >= 0.3 is 12.1 Å². The SMILES string of the molecule is C=CC1CC1(NC(=O)C1CC(Oc2cccc3cnccc23)CN1C(=O)C(NC(=O)OC(C)(C)C)C1CCCCC1)C(=O)O. The fourth-order valence-corrected chi connectivity index (χ4v) is 6.53. The molecule has 2 aliphatic carbocycles. The molecular formula is C33H42N4O7. The number of carbonyl (C=O) groups is 4. The number of hydrogen-bond donors (Lipinski definition) is 3. The van der Waals surface area contributed by atoms with Gasteiger partial charge in [-0.2, -0.15) is 0 Å². The molecule has 1 aromatic carbocycles. The number of ether oxygens (including phenoxy) is 2. The van der Waals surface area contributed by atoms with Gasteiger partial charge in [0.15, 0.2) is 0 Å². The van der Waals surface area contributed by atoms with Gasteiger partial charge in [0.25, 0.3) is 0 Å². The van der Waals surface area contributed by atoms with E-state index < -0.39 is 59.1 Å². The molecule has 0 spiro atoms. The first-order chi connectivity index (χ1) is 20.9. The molecule has 2 heterocycles. The number of hydrogen-bond acceptors (Lipinski definition) is 7. The topological polar surface area (TPSA) is 147 Å². The van der Waals surface area contributed by atoms with E-state index in [0.29, 0.717) is 5.75 Å². The summed E-state index contributed by atoms with van der Waals surface area (Å²) in [6.45, 7) is 9.05. The highest BCUT2D eigenvalue weighted by Gasteiger charge is 2.61. The van der Waals surface area contributed by atoms with Gasteiger partial charge in [-0.15, -0.1) is 6.58 Å². The van der Waals surface area contributed by atoms with Crippen molar-refractivity contribution in [1.29, 1.82) is 0 Å². The van der Waals surface area contributed by atoms with Crippen molar-refractivity contribution in [2.75, 3.05) is 6.54 Å². The van der Waals surface area contributed by atoms with Gasteiger partial charge in [0.1, 0.15) is 35.1 Å². The lowest BCUT2D eigenvalue weighted by atomic mass is 9.83. The Hall–Kier alpha value is -4.15. The van der Waals surface area contributed by atoms with Crippen LogP contribution in [0, 0.1) is 11.8 Å². The first kappa shape index (κ1) is 31.3. The monoisotopic (exact) mass is 606 g/mol. The van der Waals surface area contributed by atoms with Crippen LogP contribution in [-0.4, -0.2) is 74.7 Å². The Balaban J connectivity index is 1.43. The van der Waals surface area contributed by atoms with E-state index in [1.165, 1.54) is 11.0 Å². The molecule has 11 nitrogen and oxygen atoms in total. The summed E-state index contributed by atoms with van der Waals surface area (Å²) in [6.07, 6.45) is 8.47. The number of alkyl carbamates (subject to hydrolysis) is 1. The number of likely N-dealkylation sites (tertiary alicyclic amines) is 1. The Morgan fingerprint density at radius 2 is 1.91 bits per heavy atom. The van der Waals surface area contributed by atoms with Crippen LogP contribution in [0.2, 0.25) is 0 Å². The van der Waals surface area contributed by atoms with E-state index in [1.807, 2.05) is 24.3 Å². The minimum absolute atomic E-state index is 0.0859. The third-order valence-electron chi connectivity index (χ3n) is 8.87. The maximum Gasteiger partial charge on any atom is 0.408 e. The number of benzene rings is 1. The van der Waals surface area contributed by atoms with Crippen molar-refractivity contribution < 1.29 is 33.8 Å². The molecule has 5 unspecified atom stereocenters. The number of rotatable bonds is 9. The molecule has 5 atom stereocenters. The first-order valence-corrected chi connectivity index (χ1v) is 15.4. The van der Waals surface area contributed by atoms with Crippen LogP contribution in [0.15, 0.2) is 49.3 Å². The lowest BCUT2D eigenvalue weighted by Gasteiger charge is -2.35. The summed E-state index contributed by atoms with van der Waals surface area (Å²) in [5.41, 5.74) is -2.21. The summed E-state index contributed by atoms with van der Waals surface area (Å²) in [7, 11) is 0. The van der Waals surface area contributed by atoms with Crippen LogP contribution in [0.25, 0.3) is 10.8 Å². The second-order valence-electron chi connectivity index (χ2n) is 13.2. The zero-order valence-electron chi connectivity index (χ0n) is 25.6. The molecule has 2 aromatic rings. The minimum Gasteiger partial charge on any atom is -0.488 e. The van der Waals surface area contributed by atoms with E-state index in [-0.39, 0.29) is 25.3 Å². The van der Waals surface area contributed by atoms with Crippen LogP contribution >= 0.6 is 0 Å². The molecule has 236 valence electrons. The Morgan fingerprint density at radius 3 is 2.57 bits per heavy atom. The number of pyridine rings is 1. The highest BCUT2D eigenvalue weighted by Crippen LogP contribution is 2.45. The van der Waals surface area contributed by atoms with Crippen molar-refractivity contribution in [2.45, 2.75) is 95.0 Å². The molecule has 0 radical (unpaired) electrons. The summed E-state index contributed by atoms with van der Waals surface area (Å²) >= 11 is 0. The average Bonchev–Trinajstić information content (AvgIpc) is 3.55. The molecule has 5 rings (SSSR count). The molecule has 1 saturated heterocycles. The molecule has 2 saturated carbocycles. The summed E-state index contributed by atoms with van der Waals surface area (Å²) < 4.78 is 11.9. The summed E-state index contributed by atoms with van der Waals surface area (Å²) in [5.74, 6) is -2.06. The smallest absolute Gasteiger partial charge is 0.408 e. The van der Waals surface area contributed by atoms with E-state index in [9.17, 15) is 24.3 Å². The summed E-state index contributed by atoms with van der Waals surface area (Å²) in [6, 6.07) is 5.54. The third kappa shape index (κ3) is 6.66. The van der Waals surface area contributed by atoms with Gasteiger partial charge in [-0.05, 0) is 58.1 Å². The molecule has 1 aliphatic heterocycles. The van der Waals surface area contributed by atoms with Crippen LogP contribution in [0.5, 0.6) is 5.75 Å². The van der Waals surface area contributed by atoms with Crippen LogP contribution < -0.4 is 15.4 Å². The lowest BCUT2D eigenvalue weighted by molar-refractivity contribution is -0.146.